The number of esters is 1. The molecule has 1 unspecified atom stereocenters. The highest BCUT2D eigenvalue weighted by Crippen LogP contribution is 2.17. The highest BCUT2D eigenvalue weighted by molar-refractivity contribution is 5.82. The number of carbonyl (C=O) groups excluding carboxylic acids is 1. The lowest BCUT2D eigenvalue weighted by Crippen LogP contribution is -2.27. The third kappa shape index (κ3) is 2.30. The Hall–Kier alpha value is -2.24. The van der Waals surface area contributed by atoms with Crippen molar-refractivity contribution < 1.29 is 9.53 Å². The molecule has 4 N–H and O–H groups in total. The molecule has 0 fully saturated rings. The number of imidazole rings is 1. The first-order valence-corrected chi connectivity index (χ1v) is 5.20. The van der Waals surface area contributed by atoms with Crippen molar-refractivity contribution in [3.8, 4) is 0 Å². The SMILES string of the molecule is COC(=O)C(C)Nc1nc2ccc(N)cc2[nH]1. The van der Waals surface area contributed by atoms with Crippen LogP contribution in [0, 0.1) is 0 Å². The number of hydrogen-bond acceptors (Lipinski definition) is 5. The number of benzene rings is 1. The Morgan fingerprint density at radius 3 is 3.06 bits per heavy atom. The fraction of sp³-hybridized carbons (Fsp3) is 0.273. The second-order valence-corrected chi connectivity index (χ2v) is 3.75. The van der Waals surface area contributed by atoms with E-state index in [2.05, 4.69) is 20.0 Å². The summed E-state index contributed by atoms with van der Waals surface area (Å²) in [5, 5.41) is 2.92. The number of nitrogens with zero attached hydrogens (tertiary/aromatic N) is 1. The quantitative estimate of drug-likeness (QED) is 0.546. The molecule has 0 saturated carbocycles. The zero-order valence-electron chi connectivity index (χ0n) is 9.65. The van der Waals surface area contributed by atoms with Crippen LogP contribution in [0.4, 0.5) is 11.6 Å². The van der Waals surface area contributed by atoms with Crippen molar-refractivity contribution in [3.05, 3.63) is 18.2 Å². The maximum absolute atomic E-state index is 11.2. The third-order valence-electron chi connectivity index (χ3n) is 2.41. The number of aromatic nitrogens is 2. The summed E-state index contributed by atoms with van der Waals surface area (Å²) in [5.41, 5.74) is 7.94. The van der Waals surface area contributed by atoms with Crippen molar-refractivity contribution in [2.24, 2.45) is 0 Å². The van der Waals surface area contributed by atoms with Gasteiger partial charge in [0.05, 0.1) is 18.1 Å². The van der Waals surface area contributed by atoms with E-state index < -0.39 is 6.04 Å². The van der Waals surface area contributed by atoms with Gasteiger partial charge in [0, 0.05) is 5.69 Å². The van der Waals surface area contributed by atoms with Crippen LogP contribution >= 0.6 is 0 Å². The van der Waals surface area contributed by atoms with Gasteiger partial charge in [-0.05, 0) is 25.1 Å². The number of anilines is 2. The van der Waals surface area contributed by atoms with Crippen LogP contribution < -0.4 is 11.1 Å². The second kappa shape index (κ2) is 4.32. The minimum Gasteiger partial charge on any atom is -0.467 e. The fourth-order valence-corrected chi connectivity index (χ4v) is 1.54. The third-order valence-corrected chi connectivity index (χ3v) is 2.41. The molecule has 1 aromatic heterocycles. The lowest BCUT2D eigenvalue weighted by Gasteiger charge is -2.09. The zero-order chi connectivity index (χ0) is 12.4. The van der Waals surface area contributed by atoms with Crippen LogP contribution in [0.15, 0.2) is 18.2 Å². The number of methoxy groups -OCH3 is 1. The molecule has 17 heavy (non-hydrogen) atoms. The molecule has 6 heteroatoms. The van der Waals surface area contributed by atoms with Crippen LogP contribution in [0.25, 0.3) is 11.0 Å². The van der Waals surface area contributed by atoms with Crippen LogP contribution in [-0.2, 0) is 9.53 Å². The number of H-pyrrole nitrogens is 1. The van der Waals surface area contributed by atoms with Crippen molar-refractivity contribution in [2.75, 3.05) is 18.2 Å². The number of nitrogens with two attached hydrogens (primary N) is 1. The van der Waals surface area contributed by atoms with Gasteiger partial charge in [-0.3, -0.25) is 0 Å². The molecule has 0 radical (unpaired) electrons. The summed E-state index contributed by atoms with van der Waals surface area (Å²) < 4.78 is 4.61. The smallest absolute Gasteiger partial charge is 0.328 e. The fourth-order valence-electron chi connectivity index (χ4n) is 1.54. The summed E-state index contributed by atoms with van der Waals surface area (Å²) in [4.78, 5) is 18.6. The number of nitrogen functional groups attached to an aromatic ring is 1. The summed E-state index contributed by atoms with van der Waals surface area (Å²) in [6.07, 6.45) is 0. The Morgan fingerprint density at radius 2 is 2.35 bits per heavy atom. The number of aromatic amines is 1. The molecule has 0 spiro atoms. The molecule has 2 rings (SSSR count). The van der Waals surface area contributed by atoms with Crippen LogP contribution in [-0.4, -0.2) is 29.1 Å². The van der Waals surface area contributed by atoms with Crippen molar-refractivity contribution in [3.63, 3.8) is 0 Å². The van der Waals surface area contributed by atoms with Gasteiger partial charge in [-0.2, -0.15) is 0 Å². The molecule has 0 aliphatic rings. The van der Waals surface area contributed by atoms with Gasteiger partial charge in [-0.25, -0.2) is 9.78 Å². The molecule has 0 aliphatic heterocycles. The second-order valence-electron chi connectivity index (χ2n) is 3.75. The molecular weight excluding hydrogens is 220 g/mol. The summed E-state index contributed by atoms with van der Waals surface area (Å²) in [5.74, 6) is 0.175. The van der Waals surface area contributed by atoms with E-state index in [0.717, 1.165) is 11.0 Å². The monoisotopic (exact) mass is 234 g/mol. The minimum absolute atomic E-state index is 0.343. The van der Waals surface area contributed by atoms with E-state index in [1.165, 1.54) is 7.11 Å². The number of carbonyl (C=O) groups is 1. The lowest BCUT2D eigenvalue weighted by molar-refractivity contribution is -0.141. The van der Waals surface area contributed by atoms with Gasteiger partial charge in [0.2, 0.25) is 5.95 Å². The zero-order valence-corrected chi connectivity index (χ0v) is 9.65. The van der Waals surface area contributed by atoms with E-state index in [-0.39, 0.29) is 5.97 Å². The lowest BCUT2D eigenvalue weighted by atomic mass is 10.3. The van der Waals surface area contributed by atoms with E-state index in [1.807, 2.05) is 6.07 Å². The van der Waals surface area contributed by atoms with E-state index in [9.17, 15) is 4.79 Å². The van der Waals surface area contributed by atoms with Crippen molar-refractivity contribution >= 4 is 28.6 Å². The predicted molar refractivity (Wildman–Crippen MR) is 65.6 cm³/mol. The van der Waals surface area contributed by atoms with E-state index in [4.69, 9.17) is 5.73 Å². The Labute approximate surface area is 98.2 Å². The van der Waals surface area contributed by atoms with E-state index >= 15 is 0 Å². The van der Waals surface area contributed by atoms with Gasteiger partial charge in [-0.1, -0.05) is 0 Å². The van der Waals surface area contributed by atoms with Crippen molar-refractivity contribution in [2.45, 2.75) is 13.0 Å². The Bertz CT molecular complexity index is 549. The molecule has 90 valence electrons. The number of hydrogen-bond donors (Lipinski definition) is 3. The largest absolute Gasteiger partial charge is 0.467 e. The first-order valence-electron chi connectivity index (χ1n) is 5.20. The van der Waals surface area contributed by atoms with Gasteiger partial charge >= 0.3 is 5.97 Å². The average Bonchev–Trinajstić information content (AvgIpc) is 2.69. The number of fused-ring (bicyclic) bond motifs is 1. The van der Waals surface area contributed by atoms with Crippen molar-refractivity contribution in [1.29, 1.82) is 0 Å². The van der Waals surface area contributed by atoms with Crippen LogP contribution in [0.1, 0.15) is 6.92 Å². The Balaban J connectivity index is 2.22. The molecule has 0 aliphatic carbocycles. The molecule has 1 atom stereocenters. The van der Waals surface area contributed by atoms with Gasteiger partial charge < -0.3 is 20.8 Å². The van der Waals surface area contributed by atoms with Gasteiger partial charge in [0.1, 0.15) is 6.04 Å². The Morgan fingerprint density at radius 1 is 1.59 bits per heavy atom. The highest BCUT2D eigenvalue weighted by Gasteiger charge is 2.14. The first kappa shape index (κ1) is 11.3. The normalized spacial score (nSPS) is 12.4. The maximum Gasteiger partial charge on any atom is 0.328 e. The molecule has 2 aromatic rings. The number of rotatable bonds is 3. The minimum atomic E-state index is -0.460. The Kier molecular flexibility index (Phi) is 2.86. The summed E-state index contributed by atoms with van der Waals surface area (Å²) in [6, 6.07) is 4.92. The van der Waals surface area contributed by atoms with Crippen LogP contribution in [0.3, 0.4) is 0 Å². The van der Waals surface area contributed by atoms with Gasteiger partial charge in [0.25, 0.3) is 0 Å². The maximum atomic E-state index is 11.2. The molecule has 0 bridgehead atoms. The standard InChI is InChI=1S/C11H14N4O2/c1-6(10(16)17-2)13-11-14-8-4-3-7(12)5-9(8)15-11/h3-6H,12H2,1-2H3,(H2,13,14,15). The summed E-state index contributed by atoms with van der Waals surface area (Å²) >= 11 is 0. The molecule has 1 aromatic carbocycles. The summed E-state index contributed by atoms with van der Waals surface area (Å²) in [6.45, 7) is 1.70. The van der Waals surface area contributed by atoms with Crippen LogP contribution in [0.5, 0.6) is 0 Å². The first-order chi connectivity index (χ1) is 8.10. The van der Waals surface area contributed by atoms with Crippen LogP contribution in [0.2, 0.25) is 0 Å². The van der Waals surface area contributed by atoms with E-state index in [0.29, 0.717) is 11.6 Å². The van der Waals surface area contributed by atoms with Gasteiger partial charge in [0.15, 0.2) is 0 Å². The number of ether oxygens (including phenoxy) is 1. The highest BCUT2D eigenvalue weighted by atomic mass is 16.5. The van der Waals surface area contributed by atoms with E-state index in [1.54, 1.807) is 19.1 Å². The molecular formula is C11H14N4O2. The van der Waals surface area contributed by atoms with Gasteiger partial charge in [-0.15, -0.1) is 0 Å². The topological polar surface area (TPSA) is 93.0 Å². The van der Waals surface area contributed by atoms with Crippen molar-refractivity contribution in [1.82, 2.24) is 9.97 Å². The molecule has 1 heterocycles. The molecule has 0 amide bonds. The average molecular weight is 234 g/mol. The number of nitrogens with one attached hydrogen (secondary N) is 2. The summed E-state index contributed by atoms with van der Waals surface area (Å²) in [7, 11) is 1.35. The predicted octanol–water partition coefficient (Wildman–Crippen LogP) is 1.12. The molecule has 6 nitrogen and oxygen atoms in total. The molecule has 0 saturated heterocycles.